The van der Waals surface area contributed by atoms with Crippen LogP contribution in [0.4, 0.5) is 11.4 Å². The minimum atomic E-state index is 0.714. The maximum absolute atomic E-state index is 5.90. The van der Waals surface area contributed by atoms with Gasteiger partial charge in [0.15, 0.2) is 0 Å². The Hall–Kier alpha value is -4.70. The van der Waals surface area contributed by atoms with Gasteiger partial charge in [-0.2, -0.15) is 0 Å². The molecule has 0 aliphatic heterocycles. The van der Waals surface area contributed by atoms with Crippen LogP contribution in [-0.4, -0.2) is 0 Å². The highest BCUT2D eigenvalue weighted by atomic mass is 16.5. The molecule has 166 valence electrons. The van der Waals surface area contributed by atoms with Crippen LogP contribution in [0.2, 0.25) is 0 Å². The molecule has 4 nitrogen and oxygen atoms in total. The van der Waals surface area contributed by atoms with Crippen LogP contribution in [0.1, 0.15) is 0 Å². The van der Waals surface area contributed by atoms with Gasteiger partial charge in [0.05, 0.1) is 0 Å². The quantitative estimate of drug-likeness (QED) is 0.262. The Labute approximate surface area is 199 Å². The molecule has 0 aromatic heterocycles. The van der Waals surface area contributed by atoms with Gasteiger partial charge in [-0.05, 0) is 101 Å². The standard InChI is InChI=1S/C30H24N2O2/c31-25-8-16-29(17-9-25)33-27-12-4-21(5-13-27)23-2-1-3-24(20-23)22-6-14-28(15-7-22)34-30-18-10-26(32)11-19-30/h1-20H,31-32H2. The molecule has 34 heavy (non-hydrogen) atoms. The molecule has 0 aliphatic rings. The molecule has 5 aromatic carbocycles. The molecule has 0 atom stereocenters. The fourth-order valence-electron chi connectivity index (χ4n) is 3.65. The molecular formula is C30H24N2O2. The summed E-state index contributed by atoms with van der Waals surface area (Å²) in [5.41, 5.74) is 17.4. The molecule has 0 heterocycles. The van der Waals surface area contributed by atoms with E-state index in [2.05, 4.69) is 48.5 Å². The van der Waals surface area contributed by atoms with Crippen molar-refractivity contribution >= 4 is 11.4 Å². The van der Waals surface area contributed by atoms with E-state index in [1.54, 1.807) is 0 Å². The van der Waals surface area contributed by atoms with E-state index in [0.717, 1.165) is 45.3 Å². The number of nitrogen functional groups attached to an aromatic ring is 2. The summed E-state index contributed by atoms with van der Waals surface area (Å²) in [6, 6.07) is 39.4. The minimum absolute atomic E-state index is 0.714. The van der Waals surface area contributed by atoms with Crippen LogP contribution in [0.3, 0.4) is 0 Å². The average molecular weight is 445 g/mol. The van der Waals surface area contributed by atoms with Gasteiger partial charge >= 0.3 is 0 Å². The zero-order valence-corrected chi connectivity index (χ0v) is 18.5. The van der Waals surface area contributed by atoms with E-state index in [1.165, 1.54) is 0 Å². The summed E-state index contributed by atoms with van der Waals surface area (Å²) in [6.07, 6.45) is 0. The second-order valence-electron chi connectivity index (χ2n) is 7.97. The summed E-state index contributed by atoms with van der Waals surface area (Å²) in [4.78, 5) is 0. The van der Waals surface area contributed by atoms with E-state index in [4.69, 9.17) is 20.9 Å². The van der Waals surface area contributed by atoms with Gasteiger partial charge in [-0.25, -0.2) is 0 Å². The Bertz CT molecular complexity index is 1270. The predicted octanol–water partition coefficient (Wildman–Crippen LogP) is 7.77. The van der Waals surface area contributed by atoms with Crippen molar-refractivity contribution in [2.45, 2.75) is 0 Å². The molecule has 4 heteroatoms. The van der Waals surface area contributed by atoms with Crippen molar-refractivity contribution in [3.05, 3.63) is 121 Å². The molecule has 0 saturated carbocycles. The first kappa shape index (κ1) is 21.2. The normalized spacial score (nSPS) is 10.6. The third kappa shape index (κ3) is 5.03. The third-order valence-electron chi connectivity index (χ3n) is 5.47. The lowest BCUT2D eigenvalue weighted by atomic mass is 9.99. The molecule has 0 radical (unpaired) electrons. The topological polar surface area (TPSA) is 70.5 Å². The first-order valence-corrected chi connectivity index (χ1v) is 11.0. The van der Waals surface area contributed by atoms with Gasteiger partial charge in [-0.1, -0.05) is 42.5 Å². The number of hydrogen-bond donors (Lipinski definition) is 2. The Kier molecular flexibility index (Phi) is 5.87. The highest BCUT2D eigenvalue weighted by Gasteiger charge is 2.05. The van der Waals surface area contributed by atoms with Crippen molar-refractivity contribution in [3.63, 3.8) is 0 Å². The molecule has 0 unspecified atom stereocenters. The zero-order valence-electron chi connectivity index (χ0n) is 18.5. The number of ether oxygens (including phenoxy) is 2. The van der Waals surface area contributed by atoms with E-state index in [-0.39, 0.29) is 0 Å². The van der Waals surface area contributed by atoms with Gasteiger partial charge in [0.2, 0.25) is 0 Å². The molecular weight excluding hydrogens is 420 g/mol. The number of anilines is 2. The predicted molar refractivity (Wildman–Crippen MR) is 139 cm³/mol. The number of hydrogen-bond acceptors (Lipinski definition) is 4. The van der Waals surface area contributed by atoms with E-state index < -0.39 is 0 Å². The maximum Gasteiger partial charge on any atom is 0.127 e. The van der Waals surface area contributed by atoms with Crippen LogP contribution < -0.4 is 20.9 Å². The van der Waals surface area contributed by atoms with Gasteiger partial charge in [0.1, 0.15) is 23.0 Å². The molecule has 4 N–H and O–H groups in total. The lowest BCUT2D eigenvalue weighted by molar-refractivity contribution is 0.482. The molecule has 5 rings (SSSR count). The lowest BCUT2D eigenvalue weighted by Gasteiger charge is -2.10. The second kappa shape index (κ2) is 9.43. The fraction of sp³-hybridized carbons (Fsp3) is 0. The second-order valence-corrected chi connectivity index (χ2v) is 7.97. The summed E-state index contributed by atoms with van der Waals surface area (Å²) in [6.45, 7) is 0. The Morgan fingerprint density at radius 1 is 0.353 bits per heavy atom. The smallest absolute Gasteiger partial charge is 0.127 e. The molecule has 0 bridgehead atoms. The fourth-order valence-corrected chi connectivity index (χ4v) is 3.65. The average Bonchev–Trinajstić information content (AvgIpc) is 2.88. The largest absolute Gasteiger partial charge is 0.457 e. The molecule has 0 aliphatic carbocycles. The Morgan fingerprint density at radius 2 is 0.676 bits per heavy atom. The SMILES string of the molecule is Nc1ccc(Oc2ccc(-c3cccc(-c4ccc(Oc5ccc(N)cc5)cc4)c3)cc2)cc1. The number of benzene rings is 5. The number of nitrogens with two attached hydrogens (primary N) is 2. The van der Waals surface area contributed by atoms with Crippen molar-refractivity contribution in [1.29, 1.82) is 0 Å². The highest BCUT2D eigenvalue weighted by molar-refractivity contribution is 5.73. The van der Waals surface area contributed by atoms with E-state index >= 15 is 0 Å². The zero-order chi connectivity index (χ0) is 23.3. The summed E-state index contributed by atoms with van der Waals surface area (Å²) < 4.78 is 11.8. The van der Waals surface area contributed by atoms with E-state index in [1.807, 2.05) is 72.8 Å². The number of rotatable bonds is 6. The first-order chi connectivity index (χ1) is 16.6. The monoisotopic (exact) mass is 444 g/mol. The molecule has 0 amide bonds. The van der Waals surface area contributed by atoms with E-state index in [9.17, 15) is 0 Å². The summed E-state index contributed by atoms with van der Waals surface area (Å²) in [7, 11) is 0. The van der Waals surface area contributed by atoms with Crippen molar-refractivity contribution in [2.75, 3.05) is 11.5 Å². The molecule has 0 spiro atoms. The van der Waals surface area contributed by atoms with Gasteiger partial charge in [0.25, 0.3) is 0 Å². The highest BCUT2D eigenvalue weighted by Crippen LogP contribution is 2.31. The van der Waals surface area contributed by atoms with Crippen LogP contribution in [0.5, 0.6) is 23.0 Å². The van der Waals surface area contributed by atoms with Gasteiger partial charge in [-0.15, -0.1) is 0 Å². The Morgan fingerprint density at radius 3 is 1.03 bits per heavy atom. The molecule has 0 saturated heterocycles. The van der Waals surface area contributed by atoms with Crippen molar-refractivity contribution in [2.24, 2.45) is 0 Å². The van der Waals surface area contributed by atoms with Crippen LogP contribution >= 0.6 is 0 Å². The first-order valence-electron chi connectivity index (χ1n) is 11.0. The lowest BCUT2D eigenvalue weighted by Crippen LogP contribution is -1.87. The van der Waals surface area contributed by atoms with Gasteiger partial charge < -0.3 is 20.9 Å². The van der Waals surface area contributed by atoms with Crippen LogP contribution in [0.25, 0.3) is 22.3 Å². The van der Waals surface area contributed by atoms with Crippen LogP contribution in [0, 0.1) is 0 Å². The van der Waals surface area contributed by atoms with Crippen molar-refractivity contribution in [3.8, 4) is 45.3 Å². The van der Waals surface area contributed by atoms with Gasteiger partial charge in [0, 0.05) is 11.4 Å². The summed E-state index contributed by atoms with van der Waals surface area (Å²) >= 11 is 0. The Balaban J connectivity index is 1.30. The van der Waals surface area contributed by atoms with Crippen LogP contribution in [-0.2, 0) is 0 Å². The third-order valence-corrected chi connectivity index (χ3v) is 5.47. The van der Waals surface area contributed by atoms with Gasteiger partial charge in [-0.3, -0.25) is 0 Å². The summed E-state index contributed by atoms with van der Waals surface area (Å²) in [5.74, 6) is 3.07. The minimum Gasteiger partial charge on any atom is -0.457 e. The van der Waals surface area contributed by atoms with Crippen LogP contribution in [0.15, 0.2) is 121 Å². The summed E-state index contributed by atoms with van der Waals surface area (Å²) in [5, 5.41) is 0. The maximum atomic E-state index is 5.90. The molecule has 5 aromatic rings. The molecule has 0 fully saturated rings. The van der Waals surface area contributed by atoms with E-state index in [0.29, 0.717) is 11.4 Å². The van der Waals surface area contributed by atoms with Crippen molar-refractivity contribution in [1.82, 2.24) is 0 Å². The van der Waals surface area contributed by atoms with Crippen molar-refractivity contribution < 1.29 is 9.47 Å².